The first-order valence-electron chi connectivity index (χ1n) is 13.5. The van der Waals surface area contributed by atoms with Gasteiger partial charge in [-0.05, 0) is 85.1 Å². The van der Waals surface area contributed by atoms with Gasteiger partial charge in [0.25, 0.3) is 0 Å². The lowest BCUT2D eigenvalue weighted by molar-refractivity contribution is 0.271. The minimum absolute atomic E-state index is 0.270. The smallest absolute Gasteiger partial charge is 0.213 e. The van der Waals surface area contributed by atoms with Crippen LogP contribution < -0.4 is 19.5 Å². The molecule has 0 radical (unpaired) electrons. The highest BCUT2D eigenvalue weighted by Gasteiger charge is 2.38. The normalized spacial score (nSPS) is 23.4. The predicted molar refractivity (Wildman–Crippen MR) is 148 cm³/mol. The molecule has 2 aliphatic heterocycles. The molecule has 4 heterocycles. The first-order chi connectivity index (χ1) is 18.7. The number of nitrogens with zero attached hydrogens (tertiary/aromatic N) is 3. The predicted octanol–water partition coefficient (Wildman–Crippen LogP) is 5.20. The molecule has 3 aliphatic rings. The standard InChI is InChI=1S/C31H34N4O3/c1-36-26-10-9-21(13-22-5-4-12-33-30(22)24-6-3-11-32-17-24)28(16-26)38-19-25-14-23-8-7-20-15-29(37-2)34-18-27(20)31(23)35-25/h3,6,9-11,13,15-18,23,25,31,35H,4-5,7-8,12,14,19H2,1-2H3/b22-13+. The second-order valence-corrected chi connectivity index (χ2v) is 10.3. The second kappa shape index (κ2) is 11.0. The van der Waals surface area contributed by atoms with Gasteiger partial charge in [-0.1, -0.05) is 0 Å². The Bertz CT molecular complexity index is 1350. The largest absolute Gasteiger partial charge is 0.497 e. The van der Waals surface area contributed by atoms with Crippen molar-refractivity contribution in [3.8, 4) is 17.4 Å². The van der Waals surface area contributed by atoms with E-state index in [2.05, 4.69) is 39.6 Å². The Kier molecular flexibility index (Phi) is 7.10. The molecule has 1 aliphatic carbocycles. The minimum atomic E-state index is 0.270. The number of hydrogen-bond acceptors (Lipinski definition) is 7. The number of pyridine rings is 2. The first kappa shape index (κ1) is 24.6. The Hall–Kier alpha value is -3.71. The van der Waals surface area contributed by atoms with E-state index in [4.69, 9.17) is 19.2 Å². The quantitative estimate of drug-likeness (QED) is 0.471. The molecular weight excluding hydrogens is 476 g/mol. The maximum atomic E-state index is 6.50. The number of methoxy groups -OCH3 is 2. The van der Waals surface area contributed by atoms with Gasteiger partial charge in [-0.3, -0.25) is 9.98 Å². The van der Waals surface area contributed by atoms with Gasteiger partial charge in [-0.25, -0.2) is 4.98 Å². The molecule has 38 heavy (non-hydrogen) atoms. The van der Waals surface area contributed by atoms with E-state index in [9.17, 15) is 0 Å². The summed E-state index contributed by atoms with van der Waals surface area (Å²) in [6.07, 6.45) is 13.2. The van der Waals surface area contributed by atoms with Crippen molar-refractivity contribution >= 4 is 11.8 Å². The minimum Gasteiger partial charge on any atom is -0.497 e. The lowest BCUT2D eigenvalue weighted by Crippen LogP contribution is -2.31. The highest BCUT2D eigenvalue weighted by molar-refractivity contribution is 6.15. The number of hydrogen-bond donors (Lipinski definition) is 1. The van der Waals surface area contributed by atoms with Crippen LogP contribution in [-0.4, -0.2) is 49.1 Å². The van der Waals surface area contributed by atoms with Crippen molar-refractivity contribution < 1.29 is 14.2 Å². The summed E-state index contributed by atoms with van der Waals surface area (Å²) in [6, 6.07) is 12.8. The van der Waals surface area contributed by atoms with Gasteiger partial charge >= 0.3 is 0 Å². The zero-order chi connectivity index (χ0) is 25.9. The molecule has 3 atom stereocenters. The Morgan fingerprint density at radius 3 is 2.87 bits per heavy atom. The van der Waals surface area contributed by atoms with Gasteiger partial charge in [0.15, 0.2) is 0 Å². The van der Waals surface area contributed by atoms with Gasteiger partial charge in [0.05, 0.1) is 19.9 Å². The molecular formula is C31H34N4O3. The molecule has 1 fully saturated rings. The summed E-state index contributed by atoms with van der Waals surface area (Å²) in [5.41, 5.74) is 6.97. The average Bonchev–Trinajstić information content (AvgIpc) is 3.40. The molecule has 7 nitrogen and oxygen atoms in total. The van der Waals surface area contributed by atoms with E-state index >= 15 is 0 Å². The number of aromatic nitrogens is 2. The highest BCUT2D eigenvalue weighted by atomic mass is 16.5. The van der Waals surface area contributed by atoms with Crippen LogP contribution in [0.3, 0.4) is 0 Å². The number of aliphatic imine (C=N–C) groups is 1. The van der Waals surface area contributed by atoms with Crippen LogP contribution >= 0.6 is 0 Å². The van der Waals surface area contributed by atoms with Crippen LogP contribution in [0, 0.1) is 5.92 Å². The Morgan fingerprint density at radius 2 is 2.03 bits per heavy atom. The summed E-state index contributed by atoms with van der Waals surface area (Å²) in [4.78, 5) is 13.6. The molecule has 3 aromatic rings. The van der Waals surface area contributed by atoms with Gasteiger partial charge < -0.3 is 19.5 Å². The van der Waals surface area contributed by atoms with Crippen LogP contribution in [0.2, 0.25) is 0 Å². The summed E-state index contributed by atoms with van der Waals surface area (Å²) in [5.74, 6) is 2.90. The second-order valence-electron chi connectivity index (χ2n) is 10.3. The number of ether oxygens (including phenoxy) is 3. The van der Waals surface area contributed by atoms with Crippen molar-refractivity contribution in [1.29, 1.82) is 0 Å². The molecule has 0 spiro atoms. The van der Waals surface area contributed by atoms with E-state index in [1.54, 1.807) is 20.4 Å². The summed E-state index contributed by atoms with van der Waals surface area (Å²) < 4.78 is 17.4. The van der Waals surface area contributed by atoms with Crippen molar-refractivity contribution in [2.45, 2.75) is 44.2 Å². The van der Waals surface area contributed by atoms with Gasteiger partial charge in [0, 0.05) is 60.5 Å². The van der Waals surface area contributed by atoms with Crippen molar-refractivity contribution in [3.63, 3.8) is 0 Å². The first-order valence-corrected chi connectivity index (χ1v) is 13.5. The summed E-state index contributed by atoms with van der Waals surface area (Å²) in [6.45, 7) is 1.44. The van der Waals surface area contributed by atoms with Gasteiger partial charge in [0.1, 0.15) is 18.1 Å². The molecule has 0 saturated carbocycles. The summed E-state index contributed by atoms with van der Waals surface area (Å²) in [5, 5.41) is 3.84. The maximum absolute atomic E-state index is 6.50. The molecule has 7 heteroatoms. The van der Waals surface area contributed by atoms with Crippen LogP contribution in [0.1, 0.15) is 54.0 Å². The van der Waals surface area contributed by atoms with E-state index in [1.807, 2.05) is 30.6 Å². The maximum Gasteiger partial charge on any atom is 0.213 e. The number of fused-ring (bicyclic) bond motifs is 3. The average molecular weight is 511 g/mol. The third-order valence-electron chi connectivity index (χ3n) is 7.91. The van der Waals surface area contributed by atoms with Crippen molar-refractivity contribution in [2.75, 3.05) is 27.4 Å². The SMILES string of the molecule is COc1ccc(/C=C2\CCCN=C2c2cccnc2)c(OCC2CC3CCc4cc(OC)ncc4C3N2)c1. The molecule has 3 unspecified atom stereocenters. The molecule has 6 rings (SSSR count). The van der Waals surface area contributed by atoms with E-state index < -0.39 is 0 Å². The fraction of sp³-hybridized carbons (Fsp3) is 0.387. The van der Waals surface area contributed by atoms with E-state index in [-0.39, 0.29) is 6.04 Å². The number of benzene rings is 1. The topological polar surface area (TPSA) is 77.9 Å². The lowest BCUT2D eigenvalue weighted by atomic mass is 9.81. The molecule has 1 aromatic carbocycles. The van der Waals surface area contributed by atoms with E-state index in [1.165, 1.54) is 23.1 Å². The fourth-order valence-corrected chi connectivity index (χ4v) is 6.00. The number of nitrogens with one attached hydrogen (secondary N) is 1. The summed E-state index contributed by atoms with van der Waals surface area (Å²) >= 11 is 0. The van der Waals surface area contributed by atoms with Crippen molar-refractivity contribution in [1.82, 2.24) is 15.3 Å². The Labute approximate surface area is 224 Å². The molecule has 1 saturated heterocycles. The number of aryl methyl sites for hydroxylation is 1. The fourth-order valence-electron chi connectivity index (χ4n) is 6.00. The molecule has 0 bridgehead atoms. The number of rotatable bonds is 7. The van der Waals surface area contributed by atoms with Crippen LogP contribution in [0.5, 0.6) is 17.4 Å². The van der Waals surface area contributed by atoms with Crippen LogP contribution in [0.15, 0.2) is 65.6 Å². The van der Waals surface area contributed by atoms with E-state index in [0.717, 1.165) is 60.6 Å². The molecule has 196 valence electrons. The third-order valence-corrected chi connectivity index (χ3v) is 7.91. The van der Waals surface area contributed by atoms with Crippen LogP contribution in [0.4, 0.5) is 0 Å². The highest BCUT2D eigenvalue weighted by Crippen LogP contribution is 2.42. The monoisotopic (exact) mass is 510 g/mol. The van der Waals surface area contributed by atoms with Gasteiger partial charge in [-0.2, -0.15) is 0 Å². The van der Waals surface area contributed by atoms with Crippen LogP contribution in [-0.2, 0) is 6.42 Å². The molecule has 0 amide bonds. The zero-order valence-electron chi connectivity index (χ0n) is 22.0. The molecule has 1 N–H and O–H groups in total. The number of allylic oxidation sites excluding steroid dienone is 1. The van der Waals surface area contributed by atoms with Gasteiger partial charge in [0.2, 0.25) is 5.88 Å². The van der Waals surface area contributed by atoms with Crippen LogP contribution in [0.25, 0.3) is 6.08 Å². The van der Waals surface area contributed by atoms with Crippen molar-refractivity contribution in [2.24, 2.45) is 10.9 Å². The summed E-state index contributed by atoms with van der Waals surface area (Å²) in [7, 11) is 3.36. The lowest BCUT2D eigenvalue weighted by Gasteiger charge is -2.27. The van der Waals surface area contributed by atoms with Crippen molar-refractivity contribution in [3.05, 3.63) is 82.8 Å². The zero-order valence-corrected chi connectivity index (χ0v) is 22.0. The molecule has 2 aromatic heterocycles. The Balaban J connectivity index is 1.21. The Morgan fingerprint density at radius 1 is 1.08 bits per heavy atom. The third kappa shape index (κ3) is 5.03. The van der Waals surface area contributed by atoms with Gasteiger partial charge in [-0.15, -0.1) is 0 Å². The van der Waals surface area contributed by atoms with E-state index in [0.29, 0.717) is 24.4 Å².